The van der Waals surface area contributed by atoms with E-state index < -0.39 is 19.8 Å². The number of fused-ring (bicyclic) bond motifs is 1. The van der Waals surface area contributed by atoms with Gasteiger partial charge < -0.3 is 19.6 Å². The predicted octanol–water partition coefficient (Wildman–Crippen LogP) is 1.77. The monoisotopic (exact) mass is 444 g/mol. The number of methoxy groups -OCH3 is 1. The molecule has 0 amide bonds. The number of rotatable bonds is 8. The van der Waals surface area contributed by atoms with E-state index in [2.05, 4.69) is 36.6 Å². The van der Waals surface area contributed by atoms with Gasteiger partial charge in [-0.1, -0.05) is 30.0 Å². The summed E-state index contributed by atoms with van der Waals surface area (Å²) in [7, 11) is -2.69. The Morgan fingerprint density at radius 1 is 1.26 bits per heavy atom. The van der Waals surface area contributed by atoms with Crippen molar-refractivity contribution < 1.29 is 23.1 Å². The number of nitrogens with zero attached hydrogens (tertiary/aromatic N) is 4. The quantitative estimate of drug-likeness (QED) is 0.300. The highest BCUT2D eigenvalue weighted by molar-refractivity contribution is 7.52. The Morgan fingerprint density at radius 2 is 2.03 bits per heavy atom. The van der Waals surface area contributed by atoms with Crippen LogP contribution in [0.5, 0.6) is 5.75 Å². The van der Waals surface area contributed by atoms with E-state index in [9.17, 15) is 9.36 Å². The number of aromatic nitrogens is 4. The maximum atomic E-state index is 13.1. The number of carbonyl (C=O) groups excluding carboxylic acids is 1. The van der Waals surface area contributed by atoms with Crippen LogP contribution in [0.15, 0.2) is 43.0 Å². The lowest BCUT2D eigenvalue weighted by Gasteiger charge is -2.21. The number of ether oxygens (including phenoxy) is 1. The van der Waals surface area contributed by atoms with Gasteiger partial charge in [-0.3, -0.25) is 9.32 Å². The van der Waals surface area contributed by atoms with Crippen molar-refractivity contribution in [1.82, 2.24) is 24.6 Å². The summed E-state index contributed by atoms with van der Waals surface area (Å²) in [5, 5.41) is 2.55. The predicted molar refractivity (Wildman–Crippen MR) is 113 cm³/mol. The zero-order valence-corrected chi connectivity index (χ0v) is 17.8. The Hall–Kier alpha value is -3.45. The fraction of sp³-hybridized carbons (Fsp3) is 0.263. The number of nitrogens with two attached hydrogens (primary N) is 1. The minimum absolute atomic E-state index is 0.214. The largest absolute Gasteiger partial charge is 0.468 e. The van der Waals surface area contributed by atoms with Crippen molar-refractivity contribution in [2.24, 2.45) is 0 Å². The molecule has 0 aliphatic carbocycles. The van der Waals surface area contributed by atoms with Crippen molar-refractivity contribution in [2.75, 3.05) is 19.5 Å². The first-order chi connectivity index (χ1) is 14.9. The maximum Gasteiger partial charge on any atom is 0.460 e. The SMILES string of the molecule is COC(=O)[C@H](C)NP(=O)(OCC#CCn1cnc2c(N)ncnc21)Oc1ccccc1. The molecule has 0 radical (unpaired) electrons. The first kappa shape index (κ1) is 22.2. The average Bonchev–Trinajstić information content (AvgIpc) is 3.18. The van der Waals surface area contributed by atoms with Gasteiger partial charge in [-0.15, -0.1) is 0 Å². The van der Waals surface area contributed by atoms with Crippen molar-refractivity contribution in [3.63, 3.8) is 0 Å². The molecule has 3 rings (SSSR count). The van der Waals surface area contributed by atoms with Crippen LogP contribution in [0, 0.1) is 11.8 Å². The topological polar surface area (TPSA) is 143 Å². The van der Waals surface area contributed by atoms with Crippen LogP contribution in [0.4, 0.5) is 5.82 Å². The van der Waals surface area contributed by atoms with Gasteiger partial charge in [-0.05, 0) is 19.1 Å². The van der Waals surface area contributed by atoms with Gasteiger partial charge in [0.25, 0.3) is 0 Å². The number of imidazole rings is 1. The second-order valence-corrected chi connectivity index (χ2v) is 7.90. The summed E-state index contributed by atoms with van der Waals surface area (Å²) in [4.78, 5) is 23.9. The molecule has 1 aromatic carbocycles. The number of nitrogen functional groups attached to an aromatic ring is 1. The zero-order chi connectivity index (χ0) is 22.3. The second-order valence-electron chi connectivity index (χ2n) is 6.21. The lowest BCUT2D eigenvalue weighted by molar-refractivity contribution is -0.142. The first-order valence-corrected chi connectivity index (χ1v) is 10.7. The number of hydrogen-bond donors (Lipinski definition) is 2. The summed E-state index contributed by atoms with van der Waals surface area (Å²) in [5.74, 6) is 5.61. The van der Waals surface area contributed by atoms with E-state index in [1.165, 1.54) is 20.4 Å². The zero-order valence-electron chi connectivity index (χ0n) is 16.9. The molecule has 0 aliphatic heterocycles. The standard InChI is InChI=1S/C19H21N6O5P/c1-14(19(26)28-2)24-31(27,30-15-8-4-3-5-9-15)29-11-7-6-10-25-13-23-16-17(20)21-12-22-18(16)25/h3-5,8-9,12-14H,10-11H2,1-2H3,(H,24,27)(H2,20,21,22)/t14-,31?/m0/s1. The van der Waals surface area contributed by atoms with Crippen LogP contribution >= 0.6 is 7.75 Å². The summed E-state index contributed by atoms with van der Waals surface area (Å²) in [6, 6.07) is 7.53. The number of hydrogen-bond acceptors (Lipinski definition) is 9. The van der Waals surface area contributed by atoms with E-state index in [1.54, 1.807) is 41.2 Å². The van der Waals surface area contributed by atoms with E-state index in [4.69, 9.17) is 14.8 Å². The Bertz CT molecular complexity index is 1160. The van der Waals surface area contributed by atoms with E-state index >= 15 is 0 Å². The van der Waals surface area contributed by atoms with Crippen LogP contribution in [0.2, 0.25) is 0 Å². The molecule has 1 unspecified atom stereocenters. The van der Waals surface area contributed by atoms with Gasteiger partial charge in [0.1, 0.15) is 30.2 Å². The summed E-state index contributed by atoms with van der Waals surface area (Å²) >= 11 is 0. The molecule has 2 aromatic heterocycles. The molecule has 3 aromatic rings. The van der Waals surface area contributed by atoms with Crippen LogP contribution in [0.3, 0.4) is 0 Å². The van der Waals surface area contributed by atoms with E-state index in [-0.39, 0.29) is 19.0 Å². The van der Waals surface area contributed by atoms with Crippen molar-refractivity contribution in [3.8, 4) is 17.6 Å². The fourth-order valence-electron chi connectivity index (χ4n) is 2.50. The van der Waals surface area contributed by atoms with Crippen LogP contribution in [-0.4, -0.2) is 45.2 Å². The number of carbonyl (C=O) groups is 1. The lowest BCUT2D eigenvalue weighted by atomic mass is 10.3. The van der Waals surface area contributed by atoms with Crippen LogP contribution < -0.4 is 15.3 Å². The van der Waals surface area contributed by atoms with Gasteiger partial charge in [0, 0.05) is 0 Å². The third-order valence-electron chi connectivity index (χ3n) is 3.99. The van der Waals surface area contributed by atoms with Crippen LogP contribution in [0.1, 0.15) is 6.92 Å². The molecule has 11 nitrogen and oxygen atoms in total. The van der Waals surface area contributed by atoms with Crippen molar-refractivity contribution in [1.29, 1.82) is 0 Å². The average molecular weight is 444 g/mol. The molecule has 0 saturated heterocycles. The molecule has 12 heteroatoms. The number of benzene rings is 1. The highest BCUT2D eigenvalue weighted by Crippen LogP contribution is 2.44. The van der Waals surface area contributed by atoms with E-state index in [0.29, 0.717) is 16.9 Å². The molecule has 0 spiro atoms. The van der Waals surface area contributed by atoms with Gasteiger partial charge in [-0.2, -0.15) is 5.09 Å². The molecule has 0 bridgehead atoms. The van der Waals surface area contributed by atoms with E-state index in [0.717, 1.165) is 0 Å². The summed E-state index contributed by atoms with van der Waals surface area (Å²) in [6.45, 7) is 1.53. The number of esters is 1. The Morgan fingerprint density at radius 3 is 2.77 bits per heavy atom. The molecular formula is C19H21N6O5P. The smallest absolute Gasteiger partial charge is 0.460 e. The van der Waals surface area contributed by atoms with Crippen molar-refractivity contribution in [2.45, 2.75) is 19.5 Å². The molecule has 0 aliphatic rings. The molecule has 162 valence electrons. The van der Waals surface area contributed by atoms with Gasteiger partial charge in [0.05, 0.1) is 20.0 Å². The third-order valence-corrected chi connectivity index (χ3v) is 5.61. The molecule has 0 saturated carbocycles. The Balaban J connectivity index is 1.66. The van der Waals surface area contributed by atoms with Gasteiger partial charge in [0.15, 0.2) is 11.5 Å². The van der Waals surface area contributed by atoms with Crippen molar-refractivity contribution in [3.05, 3.63) is 43.0 Å². The Labute approximate surface area is 178 Å². The number of anilines is 1. The summed E-state index contributed by atoms with van der Waals surface area (Å²) in [5.41, 5.74) is 6.80. The Kier molecular flexibility index (Phi) is 7.20. The summed E-state index contributed by atoms with van der Waals surface area (Å²) in [6.07, 6.45) is 2.89. The van der Waals surface area contributed by atoms with E-state index in [1.807, 2.05) is 0 Å². The van der Waals surface area contributed by atoms with Gasteiger partial charge in [0.2, 0.25) is 0 Å². The third kappa shape index (κ3) is 5.79. The minimum Gasteiger partial charge on any atom is -0.468 e. The number of nitrogens with one attached hydrogen (secondary N) is 1. The van der Waals surface area contributed by atoms with Crippen molar-refractivity contribution >= 4 is 30.7 Å². The second kappa shape index (κ2) is 10.0. The molecule has 2 atom stereocenters. The molecular weight excluding hydrogens is 423 g/mol. The molecule has 3 N–H and O–H groups in total. The molecule has 0 fully saturated rings. The minimum atomic E-state index is -3.92. The fourth-order valence-corrected chi connectivity index (χ4v) is 3.89. The highest BCUT2D eigenvalue weighted by atomic mass is 31.2. The highest BCUT2D eigenvalue weighted by Gasteiger charge is 2.31. The van der Waals surface area contributed by atoms with Gasteiger partial charge in [-0.25, -0.2) is 19.5 Å². The maximum absolute atomic E-state index is 13.1. The first-order valence-electron chi connectivity index (χ1n) is 9.14. The van der Waals surface area contributed by atoms with Gasteiger partial charge >= 0.3 is 13.7 Å². The normalized spacial score (nSPS) is 13.6. The lowest BCUT2D eigenvalue weighted by Crippen LogP contribution is -2.34. The van der Waals surface area contributed by atoms with Crippen LogP contribution in [0.25, 0.3) is 11.2 Å². The number of para-hydroxylation sites is 1. The summed E-state index contributed by atoms with van der Waals surface area (Å²) < 4.78 is 30.4. The molecule has 2 heterocycles. The molecule has 31 heavy (non-hydrogen) atoms. The van der Waals surface area contributed by atoms with Crippen LogP contribution in [-0.2, 0) is 25.2 Å².